The van der Waals surface area contributed by atoms with Gasteiger partial charge in [-0.25, -0.2) is 0 Å². The lowest BCUT2D eigenvalue weighted by atomic mass is 10.3. The highest BCUT2D eigenvalue weighted by atomic mass is 35.6. The number of alkyl halides is 3. The Morgan fingerprint density at radius 1 is 1.35 bits per heavy atom. The highest BCUT2D eigenvalue weighted by molar-refractivity contribution is 6.69. The number of hydrogen-bond acceptors (Lipinski definition) is 7. The first-order valence-corrected chi connectivity index (χ1v) is 5.96. The maximum absolute atomic E-state index is 11.0. The number of aromatic nitrogens is 2. The summed E-state index contributed by atoms with van der Waals surface area (Å²) in [5.74, 6) is -1.11. The molecule has 11 heteroatoms. The van der Waals surface area contributed by atoms with Crippen LogP contribution in [0.4, 0.5) is 5.69 Å². The summed E-state index contributed by atoms with van der Waals surface area (Å²) in [5, 5.41) is 20.6. The van der Waals surface area contributed by atoms with Gasteiger partial charge in [0.2, 0.25) is 3.79 Å². The van der Waals surface area contributed by atoms with Gasteiger partial charge in [-0.1, -0.05) is 34.8 Å². The Labute approximate surface area is 128 Å². The molecule has 110 valence electrons. The normalized spacial score (nSPS) is 12.2. The van der Waals surface area contributed by atoms with Gasteiger partial charge in [-0.05, 0) is 0 Å². The summed E-state index contributed by atoms with van der Waals surface area (Å²) in [4.78, 5) is 17.6. The predicted octanol–water partition coefficient (Wildman–Crippen LogP) is 2.67. The molecule has 0 saturated carbocycles. The van der Waals surface area contributed by atoms with Crippen LogP contribution in [0.1, 0.15) is 5.69 Å². The maximum Gasteiger partial charge on any atom is 0.356 e. The second-order valence-corrected chi connectivity index (χ2v) is 5.52. The van der Waals surface area contributed by atoms with Crippen molar-refractivity contribution < 1.29 is 19.5 Å². The van der Waals surface area contributed by atoms with E-state index < -0.39 is 20.2 Å². The zero-order valence-electron chi connectivity index (χ0n) is 10.1. The summed E-state index contributed by atoms with van der Waals surface area (Å²) in [5.41, 5.74) is -0.934. The maximum atomic E-state index is 11.0. The Kier molecular flexibility index (Phi) is 5.21. The number of aliphatic hydroxyl groups excluding tert-OH is 1. The van der Waals surface area contributed by atoms with E-state index in [2.05, 4.69) is 9.97 Å². The third kappa shape index (κ3) is 3.75. The quantitative estimate of drug-likeness (QED) is 0.387. The van der Waals surface area contributed by atoms with Crippen molar-refractivity contribution in [2.24, 2.45) is 0 Å². The minimum atomic E-state index is -2.15. The van der Waals surface area contributed by atoms with Crippen LogP contribution in [0.3, 0.4) is 0 Å². The van der Waals surface area contributed by atoms with Gasteiger partial charge in [0.05, 0.1) is 19.1 Å². The van der Waals surface area contributed by atoms with Gasteiger partial charge in [-0.2, -0.15) is 9.97 Å². The topological polar surface area (TPSA) is 108 Å². The molecule has 1 rings (SSSR count). The first-order chi connectivity index (χ1) is 9.20. The minimum absolute atomic E-state index is 0.212. The number of rotatable bonds is 4. The predicted molar refractivity (Wildman–Crippen MR) is 72.7 cm³/mol. The number of methoxy groups -OCH3 is 2. The van der Waals surface area contributed by atoms with Crippen LogP contribution in [0.5, 0.6) is 11.9 Å². The number of ether oxygens (including phenoxy) is 2. The van der Waals surface area contributed by atoms with Crippen LogP contribution in [-0.4, -0.2) is 38.0 Å². The highest BCUT2D eigenvalue weighted by Crippen LogP contribution is 2.36. The van der Waals surface area contributed by atoms with E-state index in [1.54, 1.807) is 0 Å². The Morgan fingerprint density at radius 2 is 1.95 bits per heavy atom. The number of allylic oxidation sites excluding steroid dienone is 1. The fourth-order valence-corrected chi connectivity index (χ4v) is 1.31. The second kappa shape index (κ2) is 6.29. The summed E-state index contributed by atoms with van der Waals surface area (Å²) in [7, 11) is 2.43. The fraction of sp³-hybridized carbons (Fsp3) is 0.333. The molecule has 0 aliphatic carbocycles. The first kappa shape index (κ1) is 16.5. The van der Waals surface area contributed by atoms with Gasteiger partial charge in [0.1, 0.15) is 5.76 Å². The smallest absolute Gasteiger partial charge is 0.356 e. The summed E-state index contributed by atoms with van der Waals surface area (Å²) in [6.07, 6.45) is 0.817. The molecule has 0 aliphatic rings. The molecule has 20 heavy (non-hydrogen) atoms. The molecule has 1 aromatic rings. The van der Waals surface area contributed by atoms with Crippen molar-refractivity contribution in [3.05, 3.63) is 21.6 Å². The van der Waals surface area contributed by atoms with Crippen LogP contribution < -0.4 is 9.47 Å². The molecule has 0 aromatic carbocycles. The zero-order valence-corrected chi connectivity index (χ0v) is 12.4. The Morgan fingerprint density at radius 3 is 2.35 bits per heavy atom. The van der Waals surface area contributed by atoms with E-state index >= 15 is 0 Å². The first-order valence-electron chi connectivity index (χ1n) is 4.83. The molecule has 0 saturated heterocycles. The van der Waals surface area contributed by atoms with Gasteiger partial charge in [0.25, 0.3) is 0 Å². The number of hydrogen-bond donors (Lipinski definition) is 1. The van der Waals surface area contributed by atoms with Crippen LogP contribution in [0.25, 0.3) is 6.08 Å². The van der Waals surface area contributed by atoms with E-state index in [-0.39, 0.29) is 17.6 Å². The SMILES string of the molecule is COc1nc(/C=C(/O)C(Cl)(Cl)Cl)c([N+](=O)[O-])c(OC)n1. The third-order valence-electron chi connectivity index (χ3n) is 1.98. The molecule has 0 atom stereocenters. The fourth-order valence-electron chi connectivity index (χ4n) is 1.15. The summed E-state index contributed by atoms with van der Waals surface area (Å²) in [6, 6.07) is -0.212. The van der Waals surface area contributed by atoms with Crippen molar-refractivity contribution in [1.29, 1.82) is 0 Å². The number of nitrogens with zero attached hydrogens (tertiary/aromatic N) is 3. The van der Waals surface area contributed by atoms with E-state index in [0.717, 1.165) is 6.08 Å². The second-order valence-electron chi connectivity index (χ2n) is 3.24. The van der Waals surface area contributed by atoms with Crippen LogP contribution in [0.15, 0.2) is 5.76 Å². The van der Waals surface area contributed by atoms with Crippen LogP contribution in [0, 0.1) is 10.1 Å². The highest BCUT2D eigenvalue weighted by Gasteiger charge is 2.30. The number of nitro groups is 1. The average molecular weight is 345 g/mol. The molecular weight excluding hydrogens is 336 g/mol. The number of aliphatic hydroxyl groups is 1. The molecule has 0 bridgehead atoms. The Bertz CT molecular complexity index is 558. The van der Waals surface area contributed by atoms with E-state index in [1.807, 2.05) is 0 Å². The standard InChI is InChI=1S/C9H8Cl3N3O5/c1-19-7-6(15(17)18)4(13-8(14-7)20-2)3-5(16)9(10,11)12/h3,16H,1-2H3/b5-3+. The molecule has 1 N–H and O–H groups in total. The Hall–Kier alpha value is -1.51. The lowest BCUT2D eigenvalue weighted by molar-refractivity contribution is -0.386. The minimum Gasteiger partial charge on any atom is -0.508 e. The molecule has 1 heterocycles. The molecule has 0 unspecified atom stereocenters. The van der Waals surface area contributed by atoms with Crippen molar-refractivity contribution in [3.63, 3.8) is 0 Å². The van der Waals surface area contributed by atoms with E-state index in [0.29, 0.717) is 0 Å². The van der Waals surface area contributed by atoms with Crippen molar-refractivity contribution >= 4 is 46.6 Å². The summed E-state index contributed by atoms with van der Waals surface area (Å²) in [6.45, 7) is 0. The Balaban J connectivity index is 3.54. The number of halogens is 3. The van der Waals surface area contributed by atoms with Gasteiger partial charge in [0, 0.05) is 6.08 Å². The third-order valence-corrected chi connectivity index (χ3v) is 2.56. The summed E-state index contributed by atoms with van der Waals surface area (Å²) < 4.78 is 7.39. The molecule has 0 amide bonds. The van der Waals surface area contributed by atoms with Crippen molar-refractivity contribution in [2.75, 3.05) is 14.2 Å². The van der Waals surface area contributed by atoms with Crippen molar-refractivity contribution in [3.8, 4) is 11.9 Å². The van der Waals surface area contributed by atoms with Crippen molar-refractivity contribution in [1.82, 2.24) is 9.97 Å². The van der Waals surface area contributed by atoms with Crippen LogP contribution >= 0.6 is 34.8 Å². The van der Waals surface area contributed by atoms with Crippen molar-refractivity contribution in [2.45, 2.75) is 3.79 Å². The van der Waals surface area contributed by atoms with Gasteiger partial charge in [0.15, 0.2) is 5.69 Å². The van der Waals surface area contributed by atoms with E-state index in [9.17, 15) is 15.2 Å². The molecule has 0 aliphatic heterocycles. The molecule has 0 spiro atoms. The molecule has 1 aromatic heterocycles. The van der Waals surface area contributed by atoms with E-state index in [1.165, 1.54) is 14.2 Å². The van der Waals surface area contributed by atoms with Crippen LogP contribution in [0.2, 0.25) is 0 Å². The lowest BCUT2D eigenvalue weighted by Gasteiger charge is -2.10. The van der Waals surface area contributed by atoms with Gasteiger partial charge < -0.3 is 14.6 Å². The molecule has 0 radical (unpaired) electrons. The zero-order chi connectivity index (χ0) is 15.5. The monoisotopic (exact) mass is 343 g/mol. The molecule has 0 fully saturated rings. The molecular formula is C9H8Cl3N3O5. The lowest BCUT2D eigenvalue weighted by Crippen LogP contribution is -2.08. The van der Waals surface area contributed by atoms with Gasteiger partial charge in [-0.3, -0.25) is 10.1 Å². The average Bonchev–Trinajstić information content (AvgIpc) is 2.35. The van der Waals surface area contributed by atoms with Gasteiger partial charge >= 0.3 is 17.6 Å². The summed E-state index contributed by atoms with van der Waals surface area (Å²) >= 11 is 16.3. The molecule has 8 nitrogen and oxygen atoms in total. The van der Waals surface area contributed by atoms with E-state index in [4.69, 9.17) is 44.3 Å². The largest absolute Gasteiger partial charge is 0.508 e. The van der Waals surface area contributed by atoms with Crippen LogP contribution in [-0.2, 0) is 0 Å². The van der Waals surface area contributed by atoms with Gasteiger partial charge in [-0.15, -0.1) is 0 Å².